The van der Waals surface area contributed by atoms with Gasteiger partial charge < -0.3 is 20.4 Å². The predicted octanol–water partition coefficient (Wildman–Crippen LogP) is 5.47. The second kappa shape index (κ2) is 8.30. The molecule has 3 saturated carbocycles. The van der Waals surface area contributed by atoms with Crippen molar-refractivity contribution in [2.24, 2.45) is 45.3 Å². The first-order valence-electron chi connectivity index (χ1n) is 14.0. The van der Waals surface area contributed by atoms with Crippen molar-refractivity contribution in [3.05, 3.63) is 11.6 Å². The van der Waals surface area contributed by atoms with Crippen LogP contribution >= 0.6 is 0 Å². The highest BCUT2D eigenvalue weighted by molar-refractivity contribution is 5.31. The molecule has 0 unspecified atom stereocenters. The Labute approximate surface area is 208 Å². The Hall–Kier alpha value is -0.420. The number of hydrogen-bond donors (Lipinski definition) is 4. The Balaban J connectivity index is 1.63. The van der Waals surface area contributed by atoms with Gasteiger partial charge in [-0.3, -0.25) is 0 Å². The van der Waals surface area contributed by atoms with E-state index in [1.165, 1.54) is 18.4 Å². The third-order valence-electron chi connectivity index (χ3n) is 12.4. The van der Waals surface area contributed by atoms with Crippen LogP contribution < -0.4 is 0 Å². The van der Waals surface area contributed by atoms with Crippen LogP contribution in [-0.2, 0) is 0 Å². The second-order valence-electron chi connectivity index (χ2n) is 14.6. The molecule has 34 heavy (non-hydrogen) atoms. The fourth-order valence-electron chi connectivity index (χ4n) is 9.64. The van der Waals surface area contributed by atoms with Gasteiger partial charge in [-0.25, -0.2) is 0 Å². The van der Waals surface area contributed by atoms with E-state index in [1.54, 1.807) is 13.8 Å². The van der Waals surface area contributed by atoms with Gasteiger partial charge in [-0.05, 0) is 99.7 Å². The minimum atomic E-state index is -1.07. The maximum Gasteiger partial charge on any atom is 0.0849 e. The number of rotatable bonds is 5. The SMILES string of the molecule is C[C@H](CC[C@H](O)C(C)(C)O)[C@@H]1CC[C@]2(C)[C@@H]3CC=C4[C@H](CC[C@H](O)C4(C)C)[C@]3(C)[C@H](O)C[C@]12C. The lowest BCUT2D eigenvalue weighted by Gasteiger charge is -2.67. The molecular formula is C30H52O4. The molecule has 0 heterocycles. The van der Waals surface area contributed by atoms with Gasteiger partial charge >= 0.3 is 0 Å². The maximum atomic E-state index is 11.9. The Bertz CT molecular complexity index is 811. The van der Waals surface area contributed by atoms with Crippen molar-refractivity contribution in [3.8, 4) is 0 Å². The van der Waals surface area contributed by atoms with Crippen molar-refractivity contribution in [2.75, 3.05) is 0 Å². The van der Waals surface area contributed by atoms with Crippen molar-refractivity contribution in [2.45, 2.75) is 131 Å². The summed E-state index contributed by atoms with van der Waals surface area (Å²) in [4.78, 5) is 0. The molecule has 0 aromatic heterocycles. The zero-order chi connectivity index (χ0) is 25.5. The van der Waals surface area contributed by atoms with Gasteiger partial charge in [0.05, 0.1) is 23.9 Å². The Kier molecular flexibility index (Phi) is 6.50. The lowest BCUT2D eigenvalue weighted by Crippen LogP contribution is -2.64. The minimum Gasteiger partial charge on any atom is -0.393 e. The molecule has 196 valence electrons. The van der Waals surface area contributed by atoms with E-state index in [2.05, 4.69) is 47.6 Å². The van der Waals surface area contributed by atoms with Crippen LogP contribution in [0.3, 0.4) is 0 Å². The average molecular weight is 477 g/mol. The van der Waals surface area contributed by atoms with Gasteiger partial charge in [0.1, 0.15) is 0 Å². The summed E-state index contributed by atoms with van der Waals surface area (Å²) in [5.41, 5.74) is 0.184. The van der Waals surface area contributed by atoms with Gasteiger partial charge in [-0.15, -0.1) is 0 Å². The van der Waals surface area contributed by atoms with Crippen LogP contribution in [0.2, 0.25) is 0 Å². The van der Waals surface area contributed by atoms with Crippen LogP contribution in [0, 0.1) is 45.3 Å². The molecule has 10 atom stereocenters. The van der Waals surface area contributed by atoms with Gasteiger partial charge in [0.15, 0.2) is 0 Å². The summed E-state index contributed by atoms with van der Waals surface area (Å²) in [6, 6.07) is 0. The van der Waals surface area contributed by atoms with E-state index >= 15 is 0 Å². The molecule has 0 amide bonds. The van der Waals surface area contributed by atoms with E-state index in [0.717, 1.165) is 32.1 Å². The van der Waals surface area contributed by atoms with Crippen molar-refractivity contribution in [3.63, 3.8) is 0 Å². The van der Waals surface area contributed by atoms with Gasteiger partial charge in [0.2, 0.25) is 0 Å². The van der Waals surface area contributed by atoms with E-state index in [9.17, 15) is 20.4 Å². The first-order chi connectivity index (χ1) is 15.5. The van der Waals surface area contributed by atoms with Crippen LogP contribution in [0.5, 0.6) is 0 Å². The van der Waals surface area contributed by atoms with E-state index in [0.29, 0.717) is 30.1 Å². The van der Waals surface area contributed by atoms with Gasteiger partial charge in [-0.1, -0.05) is 53.2 Å². The highest BCUT2D eigenvalue weighted by Gasteiger charge is 2.70. The molecule has 0 aromatic rings. The lowest BCUT2D eigenvalue weighted by molar-refractivity contribution is -0.204. The van der Waals surface area contributed by atoms with Crippen LogP contribution in [0.4, 0.5) is 0 Å². The average Bonchev–Trinajstić information content (AvgIpc) is 2.99. The summed E-state index contributed by atoms with van der Waals surface area (Å²) in [6.45, 7) is 17.4. The Morgan fingerprint density at radius 2 is 1.62 bits per heavy atom. The standard InChI is InChI=1S/C30H52O4/c1-18(9-13-24(32)27(4,5)34)19-15-16-28(6)22-12-10-20-21(11-14-23(31)26(20,2)3)30(22,8)25(33)17-29(19,28)7/h10,18-19,21-25,31-34H,9,11-17H2,1-8H3/t18-,19+,21+,22+,23+,24+,25-,28-,29-,30+/m1/s1. The molecule has 0 saturated heterocycles. The lowest BCUT2D eigenvalue weighted by atomic mass is 9.38. The molecule has 0 bridgehead atoms. The fourth-order valence-corrected chi connectivity index (χ4v) is 9.64. The number of hydrogen-bond acceptors (Lipinski definition) is 4. The van der Waals surface area contributed by atoms with Crippen LogP contribution in [0.25, 0.3) is 0 Å². The summed E-state index contributed by atoms with van der Waals surface area (Å²) >= 11 is 0. The predicted molar refractivity (Wildman–Crippen MR) is 137 cm³/mol. The zero-order valence-electron chi connectivity index (χ0n) is 23.1. The quantitative estimate of drug-likeness (QED) is 0.397. The maximum absolute atomic E-state index is 11.9. The van der Waals surface area contributed by atoms with Crippen LogP contribution in [0.15, 0.2) is 11.6 Å². The first-order valence-corrected chi connectivity index (χ1v) is 14.0. The number of allylic oxidation sites excluding steroid dienone is 1. The van der Waals surface area contributed by atoms with Crippen molar-refractivity contribution in [1.29, 1.82) is 0 Å². The monoisotopic (exact) mass is 476 g/mol. The molecule has 0 radical (unpaired) electrons. The number of aliphatic hydroxyl groups is 4. The molecule has 4 aliphatic rings. The molecule has 4 aliphatic carbocycles. The van der Waals surface area contributed by atoms with E-state index in [-0.39, 0.29) is 33.9 Å². The minimum absolute atomic E-state index is 0.0603. The third-order valence-corrected chi connectivity index (χ3v) is 12.4. The van der Waals surface area contributed by atoms with Gasteiger partial charge in [-0.2, -0.15) is 0 Å². The molecule has 3 fully saturated rings. The molecular weight excluding hydrogens is 424 g/mol. The topological polar surface area (TPSA) is 80.9 Å². The van der Waals surface area contributed by atoms with Crippen LogP contribution in [-0.4, -0.2) is 44.3 Å². The van der Waals surface area contributed by atoms with E-state index in [1.807, 2.05) is 0 Å². The summed E-state index contributed by atoms with van der Waals surface area (Å²) in [5, 5.41) is 43.3. The third kappa shape index (κ3) is 3.60. The van der Waals surface area contributed by atoms with Crippen molar-refractivity contribution >= 4 is 0 Å². The van der Waals surface area contributed by atoms with Gasteiger partial charge in [0.25, 0.3) is 0 Å². The highest BCUT2D eigenvalue weighted by Crippen LogP contribution is 2.74. The van der Waals surface area contributed by atoms with E-state index in [4.69, 9.17) is 0 Å². The molecule has 0 aromatic carbocycles. The summed E-state index contributed by atoms with van der Waals surface area (Å²) in [6.07, 6.45) is 8.64. The summed E-state index contributed by atoms with van der Waals surface area (Å²) < 4.78 is 0. The normalized spacial score (nSPS) is 47.8. The first kappa shape index (κ1) is 26.6. The van der Waals surface area contributed by atoms with Gasteiger partial charge in [0, 0.05) is 10.8 Å². The van der Waals surface area contributed by atoms with Crippen molar-refractivity contribution in [1.82, 2.24) is 0 Å². The number of aliphatic hydroxyl groups excluding tert-OH is 3. The second-order valence-corrected chi connectivity index (χ2v) is 14.6. The Morgan fingerprint density at radius 3 is 2.24 bits per heavy atom. The molecule has 0 aliphatic heterocycles. The molecule has 4 rings (SSSR count). The summed E-state index contributed by atoms with van der Waals surface area (Å²) in [5.74, 6) is 1.74. The number of fused-ring (bicyclic) bond motifs is 5. The van der Waals surface area contributed by atoms with Crippen LogP contribution in [0.1, 0.15) is 107 Å². The zero-order valence-corrected chi connectivity index (χ0v) is 23.1. The molecule has 0 spiro atoms. The van der Waals surface area contributed by atoms with E-state index < -0.39 is 11.7 Å². The molecule has 4 heteroatoms. The fraction of sp³-hybridized carbons (Fsp3) is 0.933. The molecule has 4 nitrogen and oxygen atoms in total. The van der Waals surface area contributed by atoms with Crippen molar-refractivity contribution < 1.29 is 20.4 Å². The summed E-state index contributed by atoms with van der Waals surface area (Å²) in [7, 11) is 0. The largest absolute Gasteiger partial charge is 0.393 e. The smallest absolute Gasteiger partial charge is 0.0849 e. The Morgan fingerprint density at radius 1 is 0.971 bits per heavy atom. The molecule has 4 N–H and O–H groups in total. The highest BCUT2D eigenvalue weighted by atomic mass is 16.3.